The second-order valence-corrected chi connectivity index (χ2v) is 8.68. The van der Waals surface area contributed by atoms with E-state index in [-0.39, 0.29) is 12.5 Å². The Morgan fingerprint density at radius 2 is 2.07 bits per heavy atom. The second-order valence-electron chi connectivity index (χ2n) is 7.60. The Balaban J connectivity index is 1.40. The largest absolute Gasteiger partial charge is 0.488 e. The third-order valence-corrected chi connectivity index (χ3v) is 6.75. The number of aromatic nitrogens is 3. The minimum Gasteiger partial charge on any atom is -0.488 e. The fourth-order valence-corrected chi connectivity index (χ4v) is 4.76. The van der Waals surface area contributed by atoms with Crippen molar-refractivity contribution in [2.45, 2.75) is 44.9 Å². The van der Waals surface area contributed by atoms with Crippen molar-refractivity contribution in [1.29, 1.82) is 0 Å². The number of carbonyl (C=O) groups excluding carboxylic acids is 1. The molecule has 158 valence electrons. The van der Waals surface area contributed by atoms with Gasteiger partial charge in [0.15, 0.2) is 0 Å². The Hall–Kier alpha value is -2.71. The average Bonchev–Trinajstić information content (AvgIpc) is 3.34. The number of nitrogens with zero attached hydrogens (tertiary/aromatic N) is 4. The molecular formula is C22H26N4O3S. The van der Waals surface area contributed by atoms with Crippen LogP contribution >= 0.6 is 11.3 Å². The smallest absolute Gasteiger partial charge is 0.244 e. The molecule has 0 saturated carbocycles. The molecule has 1 atom stereocenters. The zero-order valence-electron chi connectivity index (χ0n) is 17.0. The molecule has 7 nitrogen and oxygen atoms in total. The van der Waals surface area contributed by atoms with Crippen molar-refractivity contribution < 1.29 is 14.6 Å². The third-order valence-electron chi connectivity index (χ3n) is 5.43. The van der Waals surface area contributed by atoms with E-state index < -0.39 is 5.60 Å². The summed E-state index contributed by atoms with van der Waals surface area (Å²) in [6, 6.07) is 11.5. The lowest BCUT2D eigenvalue weighted by Gasteiger charge is -2.24. The molecule has 4 rings (SSSR count). The van der Waals surface area contributed by atoms with Gasteiger partial charge in [0, 0.05) is 31.9 Å². The van der Waals surface area contributed by atoms with Gasteiger partial charge in [0.2, 0.25) is 5.91 Å². The zero-order chi connectivity index (χ0) is 21.0. The SMILES string of the molecule is Cc1nc(C2(O)CCCN(C(=O)Cn3cccn3)CC2)sc1COc1ccccc1. The van der Waals surface area contributed by atoms with Crippen LogP contribution in [0.4, 0.5) is 0 Å². The van der Waals surface area contributed by atoms with E-state index in [2.05, 4.69) is 10.1 Å². The highest BCUT2D eigenvalue weighted by molar-refractivity contribution is 7.11. The standard InChI is InChI=1S/C22H26N4O3S/c1-17-19(16-29-18-7-3-2-4-8-18)30-21(24-17)22(28)9-5-12-25(14-10-22)20(27)15-26-13-6-11-23-26/h2-4,6-8,11,13,28H,5,9-10,12,14-16H2,1H3. The molecule has 1 amide bonds. The molecule has 1 fully saturated rings. The van der Waals surface area contributed by atoms with Crippen molar-refractivity contribution in [3.8, 4) is 5.75 Å². The number of likely N-dealkylation sites (tertiary alicyclic amines) is 1. The summed E-state index contributed by atoms with van der Waals surface area (Å²) >= 11 is 1.50. The lowest BCUT2D eigenvalue weighted by molar-refractivity contribution is -0.132. The minimum atomic E-state index is -1.01. The Morgan fingerprint density at radius 1 is 1.23 bits per heavy atom. The number of benzene rings is 1. The number of ether oxygens (including phenoxy) is 1. The molecule has 0 bridgehead atoms. The normalized spacial score (nSPS) is 19.5. The summed E-state index contributed by atoms with van der Waals surface area (Å²) in [5.74, 6) is 0.835. The van der Waals surface area contributed by atoms with Crippen molar-refractivity contribution in [2.75, 3.05) is 13.1 Å². The van der Waals surface area contributed by atoms with E-state index in [1.807, 2.05) is 42.2 Å². The van der Waals surface area contributed by atoms with Gasteiger partial charge in [-0.05, 0) is 38.0 Å². The van der Waals surface area contributed by atoms with Crippen LogP contribution in [-0.2, 0) is 23.5 Å². The predicted molar refractivity (Wildman–Crippen MR) is 114 cm³/mol. The van der Waals surface area contributed by atoms with Crippen LogP contribution in [-0.4, -0.2) is 43.8 Å². The van der Waals surface area contributed by atoms with Gasteiger partial charge in [0.25, 0.3) is 0 Å². The van der Waals surface area contributed by atoms with Crippen molar-refractivity contribution in [1.82, 2.24) is 19.7 Å². The first-order valence-corrected chi connectivity index (χ1v) is 11.0. The van der Waals surface area contributed by atoms with Gasteiger partial charge in [-0.3, -0.25) is 9.48 Å². The summed E-state index contributed by atoms with van der Waals surface area (Å²) in [6.45, 7) is 3.74. The molecule has 1 N–H and O–H groups in total. The van der Waals surface area contributed by atoms with E-state index in [1.54, 1.807) is 23.1 Å². The van der Waals surface area contributed by atoms with Crippen molar-refractivity contribution >= 4 is 17.2 Å². The fraction of sp³-hybridized carbons (Fsp3) is 0.409. The van der Waals surface area contributed by atoms with Gasteiger partial charge in [0.05, 0.1) is 10.6 Å². The maximum absolute atomic E-state index is 12.6. The van der Waals surface area contributed by atoms with E-state index >= 15 is 0 Å². The molecule has 2 aromatic heterocycles. The van der Waals surface area contributed by atoms with Gasteiger partial charge >= 0.3 is 0 Å². The van der Waals surface area contributed by atoms with E-state index in [1.165, 1.54) is 11.3 Å². The molecule has 1 aromatic carbocycles. The highest BCUT2D eigenvalue weighted by Gasteiger charge is 2.36. The lowest BCUT2D eigenvalue weighted by Crippen LogP contribution is -2.36. The molecule has 8 heteroatoms. The molecule has 1 aliphatic heterocycles. The number of hydrogen-bond donors (Lipinski definition) is 1. The monoisotopic (exact) mass is 426 g/mol. The van der Waals surface area contributed by atoms with Gasteiger partial charge in [-0.25, -0.2) is 4.98 Å². The quantitative estimate of drug-likeness (QED) is 0.655. The highest BCUT2D eigenvalue weighted by Crippen LogP contribution is 2.36. The van der Waals surface area contributed by atoms with E-state index in [0.29, 0.717) is 37.5 Å². The minimum absolute atomic E-state index is 0.0234. The van der Waals surface area contributed by atoms with Crippen molar-refractivity contribution in [3.63, 3.8) is 0 Å². The van der Waals surface area contributed by atoms with Gasteiger partial charge in [0.1, 0.15) is 29.5 Å². The average molecular weight is 427 g/mol. The van der Waals surface area contributed by atoms with Crippen LogP contribution in [0.25, 0.3) is 0 Å². The Morgan fingerprint density at radius 3 is 2.83 bits per heavy atom. The Labute approximate surface area is 179 Å². The molecule has 3 aromatic rings. The molecule has 3 heterocycles. The molecule has 1 aliphatic rings. The maximum atomic E-state index is 12.6. The van der Waals surface area contributed by atoms with Gasteiger partial charge in [-0.15, -0.1) is 11.3 Å². The summed E-state index contributed by atoms with van der Waals surface area (Å²) in [5.41, 5.74) is -0.128. The summed E-state index contributed by atoms with van der Waals surface area (Å²) in [6.07, 6.45) is 5.24. The molecule has 1 unspecified atom stereocenters. The van der Waals surface area contributed by atoms with E-state index in [4.69, 9.17) is 4.74 Å². The first-order valence-electron chi connectivity index (χ1n) is 10.2. The molecule has 30 heavy (non-hydrogen) atoms. The number of carbonyl (C=O) groups is 1. The van der Waals surface area contributed by atoms with Crippen LogP contribution in [0, 0.1) is 6.92 Å². The number of aryl methyl sites for hydroxylation is 1. The van der Waals surface area contributed by atoms with Crippen LogP contribution < -0.4 is 4.74 Å². The van der Waals surface area contributed by atoms with Crippen LogP contribution in [0.3, 0.4) is 0 Å². The predicted octanol–water partition coefficient (Wildman–Crippen LogP) is 3.13. The summed E-state index contributed by atoms with van der Waals surface area (Å²) in [5, 5.41) is 16.2. The van der Waals surface area contributed by atoms with Crippen LogP contribution in [0.1, 0.15) is 34.8 Å². The number of amides is 1. The van der Waals surface area contributed by atoms with Gasteiger partial charge < -0.3 is 14.7 Å². The zero-order valence-corrected chi connectivity index (χ0v) is 17.8. The molecule has 1 saturated heterocycles. The number of thiazole rings is 1. The first kappa shape index (κ1) is 20.6. The highest BCUT2D eigenvalue weighted by atomic mass is 32.1. The first-order chi connectivity index (χ1) is 14.5. The van der Waals surface area contributed by atoms with E-state index in [0.717, 1.165) is 22.7 Å². The number of aliphatic hydroxyl groups is 1. The maximum Gasteiger partial charge on any atom is 0.244 e. The number of para-hydroxylation sites is 1. The second kappa shape index (κ2) is 8.97. The van der Waals surface area contributed by atoms with Crippen molar-refractivity contribution in [3.05, 3.63) is 64.4 Å². The van der Waals surface area contributed by atoms with Gasteiger partial charge in [-0.2, -0.15) is 5.10 Å². The molecule has 0 spiro atoms. The van der Waals surface area contributed by atoms with Crippen LogP contribution in [0.15, 0.2) is 48.8 Å². The fourth-order valence-electron chi connectivity index (χ4n) is 3.64. The van der Waals surface area contributed by atoms with E-state index in [9.17, 15) is 9.90 Å². The molecule has 0 aliphatic carbocycles. The summed E-state index contributed by atoms with van der Waals surface area (Å²) in [4.78, 5) is 20.1. The number of rotatable bonds is 6. The number of hydrogen-bond acceptors (Lipinski definition) is 6. The van der Waals surface area contributed by atoms with Crippen LogP contribution in [0.2, 0.25) is 0 Å². The van der Waals surface area contributed by atoms with Crippen LogP contribution in [0.5, 0.6) is 5.75 Å². The Bertz CT molecular complexity index is 974. The topological polar surface area (TPSA) is 80.5 Å². The lowest BCUT2D eigenvalue weighted by atomic mass is 9.96. The molecular weight excluding hydrogens is 400 g/mol. The molecule has 0 radical (unpaired) electrons. The Kier molecular flexibility index (Phi) is 6.15. The summed E-state index contributed by atoms with van der Waals surface area (Å²) < 4.78 is 7.48. The third kappa shape index (κ3) is 4.71. The summed E-state index contributed by atoms with van der Waals surface area (Å²) in [7, 11) is 0. The van der Waals surface area contributed by atoms with Crippen molar-refractivity contribution in [2.24, 2.45) is 0 Å². The van der Waals surface area contributed by atoms with Gasteiger partial charge in [-0.1, -0.05) is 18.2 Å².